The highest BCUT2D eigenvalue weighted by molar-refractivity contribution is 6.15. The van der Waals surface area contributed by atoms with Crippen LogP contribution in [0.5, 0.6) is 0 Å². The second kappa shape index (κ2) is 6.95. The van der Waals surface area contributed by atoms with Crippen molar-refractivity contribution < 1.29 is 19.1 Å². The minimum atomic E-state index is -0.753. The fourth-order valence-corrected chi connectivity index (χ4v) is 2.12. The molecule has 0 spiro atoms. The summed E-state index contributed by atoms with van der Waals surface area (Å²) in [6, 6.07) is 12.4. The van der Waals surface area contributed by atoms with E-state index in [0.717, 1.165) is 6.07 Å². The first-order valence-electron chi connectivity index (χ1n) is 6.81. The predicted molar refractivity (Wildman–Crippen MR) is 80.3 cm³/mol. The summed E-state index contributed by atoms with van der Waals surface area (Å²) in [6.45, 7) is -0.176. The Bertz CT molecular complexity index is 686. The maximum absolute atomic E-state index is 14.1. The van der Waals surface area contributed by atoms with Crippen LogP contribution in [0.4, 0.5) is 4.39 Å². The fraction of sp³-hybridized carbons (Fsp3) is 0.176. The Morgan fingerprint density at radius 3 is 2.41 bits per heavy atom. The van der Waals surface area contributed by atoms with Crippen molar-refractivity contribution in [1.29, 1.82) is 0 Å². The molecule has 0 radical (unpaired) electrons. The number of hydrogen-bond donors (Lipinski definition) is 1. The van der Waals surface area contributed by atoms with Crippen molar-refractivity contribution in [3.8, 4) is 0 Å². The lowest BCUT2D eigenvalue weighted by atomic mass is 9.97. The maximum Gasteiger partial charge on any atom is 0.257 e. The van der Waals surface area contributed by atoms with Gasteiger partial charge in [-0.2, -0.15) is 0 Å². The van der Waals surface area contributed by atoms with Gasteiger partial charge in [-0.05, 0) is 6.07 Å². The van der Waals surface area contributed by atoms with Crippen LogP contribution in [0.3, 0.4) is 0 Å². The average Bonchev–Trinajstić information content (AvgIpc) is 2.54. The van der Waals surface area contributed by atoms with Crippen LogP contribution >= 0.6 is 0 Å². The van der Waals surface area contributed by atoms with Gasteiger partial charge >= 0.3 is 0 Å². The molecule has 1 N–H and O–H groups in total. The Morgan fingerprint density at radius 2 is 1.77 bits per heavy atom. The van der Waals surface area contributed by atoms with E-state index in [1.807, 2.05) is 0 Å². The fourth-order valence-electron chi connectivity index (χ4n) is 2.12. The molecule has 0 atom stereocenters. The van der Waals surface area contributed by atoms with E-state index in [2.05, 4.69) is 0 Å². The number of amides is 1. The van der Waals surface area contributed by atoms with Gasteiger partial charge in [-0.1, -0.05) is 42.5 Å². The molecule has 2 aromatic rings. The minimum absolute atomic E-state index is 0.0148. The molecule has 5 heteroatoms. The van der Waals surface area contributed by atoms with Gasteiger partial charge in [-0.25, -0.2) is 4.39 Å². The van der Waals surface area contributed by atoms with Crippen LogP contribution in [0.2, 0.25) is 0 Å². The molecule has 0 heterocycles. The zero-order valence-corrected chi connectivity index (χ0v) is 12.1. The first kappa shape index (κ1) is 15.9. The SMILES string of the molecule is CN(CCO)C(=O)c1c(F)cccc1C(=O)c1ccccc1. The van der Waals surface area contributed by atoms with Gasteiger partial charge in [-0.3, -0.25) is 9.59 Å². The lowest BCUT2D eigenvalue weighted by molar-refractivity contribution is 0.0758. The third-order valence-electron chi connectivity index (χ3n) is 3.29. The molecule has 0 aliphatic heterocycles. The van der Waals surface area contributed by atoms with Crippen LogP contribution in [0.1, 0.15) is 26.3 Å². The van der Waals surface area contributed by atoms with Crippen molar-refractivity contribution in [3.63, 3.8) is 0 Å². The van der Waals surface area contributed by atoms with E-state index in [1.165, 1.54) is 24.1 Å². The van der Waals surface area contributed by atoms with Crippen molar-refractivity contribution in [2.75, 3.05) is 20.2 Å². The van der Waals surface area contributed by atoms with Gasteiger partial charge in [-0.15, -0.1) is 0 Å². The number of aliphatic hydroxyl groups is 1. The molecule has 2 aromatic carbocycles. The summed E-state index contributed by atoms with van der Waals surface area (Å²) in [5.74, 6) is -1.80. The van der Waals surface area contributed by atoms with Crippen molar-refractivity contribution in [1.82, 2.24) is 4.90 Å². The summed E-state index contributed by atoms with van der Waals surface area (Å²) in [4.78, 5) is 26.0. The number of likely N-dealkylation sites (N-methyl/N-ethyl adjacent to an activating group) is 1. The molecular weight excluding hydrogens is 285 g/mol. The number of carbonyl (C=O) groups excluding carboxylic acids is 2. The van der Waals surface area contributed by atoms with Crippen molar-refractivity contribution in [3.05, 3.63) is 71.0 Å². The highest BCUT2D eigenvalue weighted by Gasteiger charge is 2.24. The molecule has 0 aliphatic rings. The number of rotatable bonds is 5. The zero-order valence-electron chi connectivity index (χ0n) is 12.1. The van der Waals surface area contributed by atoms with E-state index in [9.17, 15) is 14.0 Å². The van der Waals surface area contributed by atoms with E-state index < -0.39 is 17.5 Å². The average molecular weight is 301 g/mol. The molecule has 0 saturated heterocycles. The molecular formula is C17H16FNO3. The van der Waals surface area contributed by atoms with Crippen molar-refractivity contribution in [2.24, 2.45) is 0 Å². The summed E-state index contributed by atoms with van der Waals surface area (Å²) in [6.07, 6.45) is 0. The normalized spacial score (nSPS) is 10.3. The minimum Gasteiger partial charge on any atom is -0.395 e. The molecule has 0 bridgehead atoms. The first-order chi connectivity index (χ1) is 10.6. The molecule has 114 valence electrons. The lowest BCUT2D eigenvalue weighted by Crippen LogP contribution is -2.31. The number of ketones is 1. The number of halogens is 1. The van der Waals surface area contributed by atoms with E-state index in [0.29, 0.717) is 5.56 Å². The molecule has 4 nitrogen and oxygen atoms in total. The Labute approximate surface area is 127 Å². The van der Waals surface area contributed by atoms with Gasteiger partial charge in [0, 0.05) is 24.7 Å². The van der Waals surface area contributed by atoms with Crippen LogP contribution in [0.15, 0.2) is 48.5 Å². The summed E-state index contributed by atoms with van der Waals surface area (Å²) in [5, 5.41) is 8.90. The van der Waals surface area contributed by atoms with E-state index in [4.69, 9.17) is 5.11 Å². The second-order valence-electron chi connectivity index (χ2n) is 4.81. The van der Waals surface area contributed by atoms with Gasteiger partial charge < -0.3 is 10.0 Å². The largest absolute Gasteiger partial charge is 0.395 e. The van der Waals surface area contributed by atoms with Crippen molar-refractivity contribution >= 4 is 11.7 Å². The molecule has 0 aliphatic carbocycles. The quantitative estimate of drug-likeness (QED) is 0.861. The monoisotopic (exact) mass is 301 g/mol. The van der Waals surface area contributed by atoms with Gasteiger partial charge in [0.2, 0.25) is 0 Å². The van der Waals surface area contributed by atoms with Gasteiger partial charge in [0.05, 0.1) is 12.2 Å². The van der Waals surface area contributed by atoms with E-state index >= 15 is 0 Å². The molecule has 0 aromatic heterocycles. The van der Waals surface area contributed by atoms with Crippen LogP contribution in [0.25, 0.3) is 0 Å². The summed E-state index contributed by atoms with van der Waals surface area (Å²) in [5.41, 5.74) is 0.125. The number of nitrogens with zero attached hydrogens (tertiary/aromatic N) is 1. The Hall–Kier alpha value is -2.53. The number of benzene rings is 2. The number of hydrogen-bond acceptors (Lipinski definition) is 3. The van der Waals surface area contributed by atoms with Crippen LogP contribution in [-0.4, -0.2) is 41.9 Å². The van der Waals surface area contributed by atoms with Crippen LogP contribution in [0, 0.1) is 5.82 Å². The second-order valence-corrected chi connectivity index (χ2v) is 4.81. The summed E-state index contributed by atoms with van der Waals surface area (Å²) >= 11 is 0. The summed E-state index contributed by atoms with van der Waals surface area (Å²) in [7, 11) is 1.45. The number of carbonyl (C=O) groups is 2. The highest BCUT2D eigenvalue weighted by Crippen LogP contribution is 2.19. The molecule has 0 fully saturated rings. The third-order valence-corrected chi connectivity index (χ3v) is 3.29. The standard InChI is InChI=1S/C17H16FNO3/c1-19(10-11-20)17(22)15-13(8-5-9-14(15)18)16(21)12-6-3-2-4-7-12/h2-9,20H,10-11H2,1H3. The molecule has 0 unspecified atom stereocenters. The lowest BCUT2D eigenvalue weighted by Gasteiger charge is -2.18. The van der Waals surface area contributed by atoms with Gasteiger partial charge in [0.15, 0.2) is 5.78 Å². The van der Waals surface area contributed by atoms with E-state index in [1.54, 1.807) is 30.3 Å². The maximum atomic E-state index is 14.1. The first-order valence-corrected chi connectivity index (χ1v) is 6.81. The smallest absolute Gasteiger partial charge is 0.257 e. The van der Waals surface area contributed by atoms with Gasteiger partial charge in [0.25, 0.3) is 5.91 Å². The highest BCUT2D eigenvalue weighted by atomic mass is 19.1. The molecule has 22 heavy (non-hydrogen) atoms. The Morgan fingerprint density at radius 1 is 1.09 bits per heavy atom. The molecule has 2 rings (SSSR count). The van der Waals surface area contributed by atoms with Crippen LogP contribution < -0.4 is 0 Å². The van der Waals surface area contributed by atoms with Crippen molar-refractivity contribution in [2.45, 2.75) is 0 Å². The Balaban J connectivity index is 2.47. The third kappa shape index (κ3) is 3.20. The summed E-state index contributed by atoms with van der Waals surface area (Å²) < 4.78 is 14.1. The predicted octanol–water partition coefficient (Wildman–Crippen LogP) is 2.12. The Kier molecular flexibility index (Phi) is 5.01. The number of aliphatic hydroxyl groups excluding tert-OH is 1. The van der Waals surface area contributed by atoms with E-state index in [-0.39, 0.29) is 24.3 Å². The zero-order chi connectivity index (χ0) is 16.1. The molecule has 0 saturated carbocycles. The molecule has 1 amide bonds. The topological polar surface area (TPSA) is 57.6 Å². The van der Waals surface area contributed by atoms with Crippen LogP contribution in [-0.2, 0) is 0 Å². The van der Waals surface area contributed by atoms with Gasteiger partial charge in [0.1, 0.15) is 5.82 Å².